The van der Waals surface area contributed by atoms with Crippen LogP contribution in [0.1, 0.15) is 44.6 Å². The lowest BCUT2D eigenvalue weighted by molar-refractivity contribution is -0.152. The summed E-state index contributed by atoms with van der Waals surface area (Å²) in [5.74, 6) is -2.79. The minimum Gasteiger partial charge on any atom is -0.461 e. The maximum absolute atomic E-state index is 13.2. The molecule has 3 amide bonds. The first-order valence-corrected chi connectivity index (χ1v) is 11.9. The molecule has 1 saturated carbocycles. The molecule has 0 saturated heterocycles. The molecule has 1 fully saturated rings. The number of ketones is 1. The van der Waals surface area contributed by atoms with Crippen molar-refractivity contribution in [3.8, 4) is 0 Å². The summed E-state index contributed by atoms with van der Waals surface area (Å²) < 4.78 is 5.21. The summed E-state index contributed by atoms with van der Waals surface area (Å²) in [7, 11) is 0. The first-order chi connectivity index (χ1) is 17.3. The molecule has 2 atom stereocenters. The predicted octanol–water partition coefficient (Wildman–Crippen LogP) is 0.911. The third-order valence-corrected chi connectivity index (χ3v) is 6.02. The second kappa shape index (κ2) is 12.6. The van der Waals surface area contributed by atoms with Crippen LogP contribution in [0.15, 0.2) is 30.5 Å². The molecule has 1 heterocycles. The van der Waals surface area contributed by atoms with Gasteiger partial charge in [0.25, 0.3) is 0 Å². The van der Waals surface area contributed by atoms with E-state index < -0.39 is 41.6 Å². The predicted molar refractivity (Wildman–Crippen MR) is 131 cm³/mol. The van der Waals surface area contributed by atoms with Crippen LogP contribution in [0, 0.1) is 5.41 Å². The number of amides is 3. The number of fused-ring (bicyclic) bond motifs is 1. The molecule has 11 nitrogen and oxygen atoms in total. The van der Waals surface area contributed by atoms with Gasteiger partial charge < -0.3 is 31.1 Å². The highest BCUT2D eigenvalue weighted by Crippen LogP contribution is 2.22. The zero-order valence-corrected chi connectivity index (χ0v) is 20.1. The van der Waals surface area contributed by atoms with Crippen molar-refractivity contribution in [1.82, 2.24) is 20.9 Å². The van der Waals surface area contributed by atoms with Gasteiger partial charge in [-0.25, -0.2) is 0 Å². The maximum Gasteiger partial charge on any atom is 0.325 e. The zero-order valence-electron chi connectivity index (χ0n) is 20.1. The van der Waals surface area contributed by atoms with Crippen molar-refractivity contribution in [1.29, 1.82) is 5.41 Å². The summed E-state index contributed by atoms with van der Waals surface area (Å²) in [5, 5.41) is 15.6. The van der Waals surface area contributed by atoms with Crippen LogP contribution < -0.4 is 16.0 Å². The van der Waals surface area contributed by atoms with Crippen LogP contribution in [0.2, 0.25) is 0 Å². The van der Waals surface area contributed by atoms with Crippen molar-refractivity contribution >= 4 is 46.6 Å². The van der Waals surface area contributed by atoms with Crippen molar-refractivity contribution in [3.05, 3.63) is 36.0 Å². The molecule has 1 aliphatic rings. The Morgan fingerprint density at radius 1 is 1.11 bits per heavy atom. The number of esters is 1. The smallest absolute Gasteiger partial charge is 0.325 e. The van der Waals surface area contributed by atoms with Crippen molar-refractivity contribution in [2.75, 3.05) is 6.54 Å². The summed E-state index contributed by atoms with van der Waals surface area (Å²) in [4.78, 5) is 64.5. The molecular weight excluding hydrogens is 466 g/mol. The van der Waals surface area contributed by atoms with Gasteiger partial charge in [-0.15, -0.1) is 0 Å². The monoisotopic (exact) mass is 497 g/mol. The standard InChI is InChI=1S/C25H31N5O6/c1-15(31)29-22(11-16-13-27-20-8-3-2-7-19(16)20)25(35)30-21(10-9-17(32)12-26)24(34)28-14-23(33)36-18-5-4-6-18/h2-3,7-8,12-13,18,21-22,26-27H,4-6,9-11,14H2,1H3,(H,28,34)(H,29,31)(H,30,35)/t21-,22-/m0/s1. The molecule has 2 aromatic rings. The van der Waals surface area contributed by atoms with Crippen LogP contribution in [-0.4, -0.2) is 65.4 Å². The van der Waals surface area contributed by atoms with Gasteiger partial charge in [-0.05, 0) is 37.3 Å². The van der Waals surface area contributed by atoms with Gasteiger partial charge in [-0.1, -0.05) is 18.2 Å². The number of para-hydroxylation sites is 1. The van der Waals surface area contributed by atoms with Crippen molar-refractivity contribution in [2.45, 2.75) is 63.6 Å². The highest BCUT2D eigenvalue weighted by molar-refractivity contribution is 6.26. The molecule has 0 aliphatic heterocycles. The lowest BCUT2D eigenvalue weighted by Gasteiger charge is -2.25. The number of Topliss-reactive ketones (excluding diaryl/α,β-unsaturated/α-hetero) is 1. The molecule has 1 aromatic heterocycles. The zero-order chi connectivity index (χ0) is 26.1. The molecule has 3 rings (SSSR count). The second-order valence-electron chi connectivity index (χ2n) is 8.79. The Morgan fingerprint density at radius 3 is 2.53 bits per heavy atom. The van der Waals surface area contributed by atoms with Gasteiger partial charge in [-0.3, -0.25) is 24.0 Å². The van der Waals surface area contributed by atoms with E-state index in [0.717, 1.165) is 35.7 Å². The second-order valence-corrected chi connectivity index (χ2v) is 8.79. The average molecular weight is 498 g/mol. The van der Waals surface area contributed by atoms with Gasteiger partial charge in [0.2, 0.25) is 17.7 Å². The van der Waals surface area contributed by atoms with E-state index in [4.69, 9.17) is 10.1 Å². The number of hydrogen-bond donors (Lipinski definition) is 5. The van der Waals surface area contributed by atoms with E-state index in [0.29, 0.717) is 6.21 Å². The van der Waals surface area contributed by atoms with E-state index in [1.54, 1.807) is 6.20 Å². The van der Waals surface area contributed by atoms with Gasteiger partial charge in [-0.2, -0.15) is 0 Å². The number of hydrogen-bond acceptors (Lipinski definition) is 7. The minimum atomic E-state index is -1.16. The molecule has 1 aromatic carbocycles. The first kappa shape index (κ1) is 26.6. The van der Waals surface area contributed by atoms with Gasteiger partial charge in [0.05, 0.1) is 6.21 Å². The van der Waals surface area contributed by atoms with Gasteiger partial charge in [0.1, 0.15) is 24.7 Å². The molecule has 192 valence electrons. The lowest BCUT2D eigenvalue weighted by Crippen LogP contribution is -2.54. The fourth-order valence-electron chi connectivity index (χ4n) is 3.87. The van der Waals surface area contributed by atoms with Crippen molar-refractivity contribution in [3.63, 3.8) is 0 Å². The summed E-state index contributed by atoms with van der Waals surface area (Å²) in [6.07, 6.45) is 4.79. The van der Waals surface area contributed by atoms with Crippen LogP contribution in [-0.2, 0) is 35.1 Å². The van der Waals surface area contributed by atoms with E-state index in [1.165, 1.54) is 6.92 Å². The molecule has 11 heteroatoms. The molecule has 1 aliphatic carbocycles. The average Bonchev–Trinajstić information content (AvgIpc) is 3.24. The Labute approximate surface area is 208 Å². The van der Waals surface area contributed by atoms with Crippen LogP contribution in [0.4, 0.5) is 0 Å². The quantitative estimate of drug-likeness (QED) is 0.203. The maximum atomic E-state index is 13.2. The number of rotatable bonds is 13. The van der Waals surface area contributed by atoms with Crippen LogP contribution in [0.3, 0.4) is 0 Å². The van der Waals surface area contributed by atoms with Gasteiger partial charge >= 0.3 is 5.97 Å². The van der Waals surface area contributed by atoms with E-state index in [9.17, 15) is 24.0 Å². The summed E-state index contributed by atoms with van der Waals surface area (Å²) in [6.45, 7) is 0.918. The van der Waals surface area contributed by atoms with Crippen molar-refractivity contribution < 1.29 is 28.7 Å². The van der Waals surface area contributed by atoms with Gasteiger partial charge in [0.15, 0.2) is 5.78 Å². The molecule has 5 N–H and O–H groups in total. The number of ether oxygens (including phenoxy) is 1. The number of aromatic nitrogens is 1. The highest BCUT2D eigenvalue weighted by Gasteiger charge is 2.28. The van der Waals surface area contributed by atoms with Crippen LogP contribution >= 0.6 is 0 Å². The fraction of sp³-hybridized carbons (Fsp3) is 0.440. The van der Waals surface area contributed by atoms with Crippen LogP contribution in [0.25, 0.3) is 10.9 Å². The normalized spacial score (nSPS) is 14.7. The summed E-state index contributed by atoms with van der Waals surface area (Å²) in [5.41, 5.74) is 1.68. The number of benzene rings is 1. The lowest BCUT2D eigenvalue weighted by atomic mass is 9.96. The Morgan fingerprint density at radius 2 is 1.86 bits per heavy atom. The summed E-state index contributed by atoms with van der Waals surface area (Å²) >= 11 is 0. The molecule has 0 unspecified atom stereocenters. The summed E-state index contributed by atoms with van der Waals surface area (Å²) in [6, 6.07) is 5.39. The topological polar surface area (TPSA) is 170 Å². The number of carbonyl (C=O) groups excluding carboxylic acids is 5. The molecule has 0 spiro atoms. The Hall–Kier alpha value is -4.02. The molecule has 36 heavy (non-hydrogen) atoms. The molecular formula is C25H31N5O6. The number of carbonyl (C=O) groups is 5. The Kier molecular flexibility index (Phi) is 9.32. The molecule has 0 bridgehead atoms. The Bertz CT molecular complexity index is 1140. The third-order valence-electron chi connectivity index (χ3n) is 6.02. The highest BCUT2D eigenvalue weighted by atomic mass is 16.5. The number of nitrogens with one attached hydrogen (secondary N) is 5. The first-order valence-electron chi connectivity index (χ1n) is 11.9. The van der Waals surface area contributed by atoms with Crippen molar-refractivity contribution in [2.24, 2.45) is 0 Å². The fourth-order valence-corrected chi connectivity index (χ4v) is 3.87. The molecule has 0 radical (unpaired) electrons. The van der Waals surface area contributed by atoms with Gasteiger partial charge in [0, 0.05) is 36.9 Å². The largest absolute Gasteiger partial charge is 0.461 e. The van der Waals surface area contributed by atoms with Crippen LogP contribution in [0.5, 0.6) is 0 Å². The van der Waals surface area contributed by atoms with E-state index in [2.05, 4.69) is 20.9 Å². The number of aromatic amines is 1. The Balaban J connectivity index is 1.68. The van der Waals surface area contributed by atoms with E-state index in [-0.39, 0.29) is 31.9 Å². The number of H-pyrrole nitrogens is 1. The SMILES string of the molecule is CC(=O)N[C@@H](Cc1c[nH]c2ccccc12)C(=O)N[C@@H](CCC(=O)C=N)C(=O)NCC(=O)OC1CCC1. The third kappa shape index (κ3) is 7.49. The van der Waals surface area contributed by atoms with E-state index in [1.807, 2.05) is 24.3 Å². The minimum absolute atomic E-state index is 0.0800. The van der Waals surface area contributed by atoms with E-state index >= 15 is 0 Å².